The summed E-state index contributed by atoms with van der Waals surface area (Å²) in [4.78, 5) is 11.6. The van der Waals surface area contributed by atoms with Gasteiger partial charge < -0.3 is 5.11 Å². The standard InChI is InChI=1S/C12H10Cl2O2S/c1-2-3-6-9-7(13)4-5-8(14)11(9)17-10(6)12(15)16/h4-5H,2-3H2,1H3,(H,15,16). The number of hydrogen-bond acceptors (Lipinski definition) is 2. The first-order valence-electron chi connectivity index (χ1n) is 5.19. The summed E-state index contributed by atoms with van der Waals surface area (Å²) in [5.41, 5.74) is 0.799. The summed E-state index contributed by atoms with van der Waals surface area (Å²) in [7, 11) is 0. The first kappa shape index (κ1) is 12.7. The fourth-order valence-corrected chi connectivity index (χ4v) is 3.57. The molecule has 2 aromatic rings. The van der Waals surface area contributed by atoms with E-state index in [1.54, 1.807) is 12.1 Å². The maximum absolute atomic E-state index is 11.2. The Balaban J connectivity index is 2.84. The van der Waals surface area contributed by atoms with Crippen LogP contribution in [0.25, 0.3) is 10.1 Å². The lowest BCUT2D eigenvalue weighted by Crippen LogP contribution is -1.97. The number of hydrogen-bond donors (Lipinski definition) is 1. The summed E-state index contributed by atoms with van der Waals surface area (Å²) in [5, 5.41) is 11.1. The quantitative estimate of drug-likeness (QED) is 0.876. The third kappa shape index (κ3) is 2.15. The fraction of sp³-hybridized carbons (Fsp3) is 0.250. The monoisotopic (exact) mass is 288 g/mol. The third-order valence-corrected chi connectivity index (χ3v) is 4.53. The summed E-state index contributed by atoms with van der Waals surface area (Å²) in [6.07, 6.45) is 1.57. The van der Waals surface area contributed by atoms with E-state index in [2.05, 4.69) is 0 Å². The van der Waals surface area contributed by atoms with Crippen molar-refractivity contribution in [2.24, 2.45) is 0 Å². The van der Waals surface area contributed by atoms with E-state index >= 15 is 0 Å². The van der Waals surface area contributed by atoms with Gasteiger partial charge in [0.2, 0.25) is 0 Å². The molecular weight excluding hydrogens is 279 g/mol. The van der Waals surface area contributed by atoms with Gasteiger partial charge in [0.25, 0.3) is 0 Å². The van der Waals surface area contributed by atoms with Crippen LogP contribution < -0.4 is 0 Å². The van der Waals surface area contributed by atoms with Gasteiger partial charge in [-0.15, -0.1) is 11.3 Å². The van der Waals surface area contributed by atoms with Gasteiger partial charge in [0.15, 0.2) is 0 Å². The van der Waals surface area contributed by atoms with Crippen LogP contribution in [0.4, 0.5) is 0 Å². The molecule has 0 aliphatic carbocycles. The zero-order valence-electron chi connectivity index (χ0n) is 9.09. The third-order valence-electron chi connectivity index (χ3n) is 2.53. The summed E-state index contributed by atoms with van der Waals surface area (Å²) >= 11 is 13.4. The molecular formula is C12H10Cl2O2S. The van der Waals surface area contributed by atoms with Gasteiger partial charge in [-0.05, 0) is 24.1 Å². The minimum Gasteiger partial charge on any atom is -0.477 e. The van der Waals surface area contributed by atoms with E-state index in [1.165, 1.54) is 11.3 Å². The zero-order valence-corrected chi connectivity index (χ0v) is 11.4. The van der Waals surface area contributed by atoms with Gasteiger partial charge in [0.05, 0.1) is 9.72 Å². The molecule has 2 rings (SSSR count). The van der Waals surface area contributed by atoms with Crippen LogP contribution in [0.3, 0.4) is 0 Å². The molecule has 2 nitrogen and oxygen atoms in total. The number of aromatic carboxylic acids is 1. The largest absolute Gasteiger partial charge is 0.477 e. The van der Waals surface area contributed by atoms with Crippen molar-refractivity contribution in [3.05, 3.63) is 32.6 Å². The van der Waals surface area contributed by atoms with Gasteiger partial charge in [0.1, 0.15) is 4.88 Å². The Morgan fingerprint density at radius 1 is 1.35 bits per heavy atom. The summed E-state index contributed by atoms with van der Waals surface area (Å²) < 4.78 is 0.764. The Morgan fingerprint density at radius 2 is 2.00 bits per heavy atom. The minimum absolute atomic E-state index is 0.344. The number of carboxylic acid groups (broad SMARTS) is 1. The van der Waals surface area contributed by atoms with Crippen LogP contribution in [-0.2, 0) is 6.42 Å². The normalized spacial score (nSPS) is 11.0. The van der Waals surface area contributed by atoms with Crippen molar-refractivity contribution < 1.29 is 9.90 Å². The molecule has 0 radical (unpaired) electrons. The molecule has 0 atom stereocenters. The second-order valence-electron chi connectivity index (χ2n) is 3.70. The molecule has 0 spiro atoms. The van der Waals surface area contributed by atoms with E-state index in [1.807, 2.05) is 6.92 Å². The Hall–Kier alpha value is -0.770. The van der Waals surface area contributed by atoms with E-state index in [0.29, 0.717) is 21.3 Å². The number of carbonyl (C=O) groups is 1. The van der Waals surface area contributed by atoms with E-state index in [-0.39, 0.29) is 0 Å². The van der Waals surface area contributed by atoms with E-state index in [0.717, 1.165) is 22.1 Å². The van der Waals surface area contributed by atoms with E-state index in [9.17, 15) is 9.90 Å². The Morgan fingerprint density at radius 3 is 2.59 bits per heavy atom. The number of benzene rings is 1. The number of aryl methyl sites for hydroxylation is 1. The molecule has 0 amide bonds. The topological polar surface area (TPSA) is 37.3 Å². The molecule has 0 aliphatic heterocycles. The van der Waals surface area contributed by atoms with Crippen molar-refractivity contribution in [1.82, 2.24) is 0 Å². The minimum atomic E-state index is -0.915. The molecule has 1 aromatic heterocycles. The molecule has 0 aliphatic rings. The first-order valence-corrected chi connectivity index (χ1v) is 6.76. The molecule has 1 heterocycles. The first-order chi connectivity index (χ1) is 8.06. The Bertz CT molecular complexity index is 590. The van der Waals surface area contributed by atoms with Crippen molar-refractivity contribution >= 4 is 50.6 Å². The van der Waals surface area contributed by atoms with Crippen molar-refractivity contribution in [1.29, 1.82) is 0 Å². The van der Waals surface area contributed by atoms with Gasteiger partial charge in [-0.1, -0.05) is 36.5 Å². The molecule has 17 heavy (non-hydrogen) atoms. The smallest absolute Gasteiger partial charge is 0.346 e. The van der Waals surface area contributed by atoms with Gasteiger partial charge in [-0.2, -0.15) is 0 Å². The van der Waals surface area contributed by atoms with Gasteiger partial charge in [-0.3, -0.25) is 0 Å². The number of thiophene rings is 1. The van der Waals surface area contributed by atoms with Crippen LogP contribution in [0.1, 0.15) is 28.6 Å². The predicted molar refractivity (Wildman–Crippen MR) is 72.8 cm³/mol. The number of halogens is 2. The summed E-state index contributed by atoms with van der Waals surface area (Å²) in [5.74, 6) is -0.915. The lowest BCUT2D eigenvalue weighted by molar-refractivity contribution is 0.0701. The molecule has 5 heteroatoms. The average molecular weight is 289 g/mol. The fourth-order valence-electron chi connectivity index (χ4n) is 1.85. The van der Waals surface area contributed by atoms with Crippen molar-refractivity contribution in [2.75, 3.05) is 0 Å². The van der Waals surface area contributed by atoms with Crippen LogP contribution in [0.2, 0.25) is 10.0 Å². The Labute approximate surface area is 113 Å². The van der Waals surface area contributed by atoms with Crippen LogP contribution in [-0.4, -0.2) is 11.1 Å². The average Bonchev–Trinajstić information content (AvgIpc) is 2.65. The van der Waals surface area contributed by atoms with Crippen LogP contribution in [0.15, 0.2) is 12.1 Å². The lowest BCUT2D eigenvalue weighted by Gasteiger charge is -2.01. The highest BCUT2D eigenvalue weighted by Crippen LogP contribution is 2.40. The van der Waals surface area contributed by atoms with E-state index in [4.69, 9.17) is 23.2 Å². The number of fused-ring (bicyclic) bond motifs is 1. The van der Waals surface area contributed by atoms with Crippen molar-refractivity contribution in [3.63, 3.8) is 0 Å². The van der Waals surface area contributed by atoms with Gasteiger partial charge in [-0.25, -0.2) is 4.79 Å². The van der Waals surface area contributed by atoms with Crippen molar-refractivity contribution in [3.8, 4) is 0 Å². The van der Waals surface area contributed by atoms with Gasteiger partial charge in [0, 0.05) is 10.4 Å². The second kappa shape index (κ2) is 4.84. The highest BCUT2D eigenvalue weighted by Gasteiger charge is 2.20. The molecule has 0 saturated heterocycles. The summed E-state index contributed by atoms with van der Waals surface area (Å²) in [6, 6.07) is 3.41. The number of carboxylic acids is 1. The maximum Gasteiger partial charge on any atom is 0.346 e. The molecule has 0 saturated carbocycles. The highest BCUT2D eigenvalue weighted by atomic mass is 35.5. The molecule has 0 bridgehead atoms. The predicted octanol–water partition coefficient (Wildman–Crippen LogP) is 4.86. The van der Waals surface area contributed by atoms with Crippen LogP contribution in [0, 0.1) is 0 Å². The molecule has 90 valence electrons. The lowest BCUT2D eigenvalue weighted by atomic mass is 10.1. The van der Waals surface area contributed by atoms with E-state index < -0.39 is 5.97 Å². The summed E-state index contributed by atoms with van der Waals surface area (Å²) in [6.45, 7) is 2.01. The molecule has 0 unspecified atom stereocenters. The van der Waals surface area contributed by atoms with Crippen LogP contribution in [0.5, 0.6) is 0 Å². The van der Waals surface area contributed by atoms with Crippen LogP contribution >= 0.6 is 34.5 Å². The molecule has 0 fully saturated rings. The second-order valence-corrected chi connectivity index (χ2v) is 5.53. The zero-order chi connectivity index (χ0) is 12.6. The van der Waals surface area contributed by atoms with Crippen molar-refractivity contribution in [2.45, 2.75) is 19.8 Å². The maximum atomic E-state index is 11.2. The Kier molecular flexibility index (Phi) is 3.61. The number of rotatable bonds is 3. The molecule has 1 aromatic carbocycles. The SMILES string of the molecule is CCCc1c(C(=O)O)sc2c(Cl)ccc(Cl)c12. The highest BCUT2D eigenvalue weighted by molar-refractivity contribution is 7.21. The van der Waals surface area contributed by atoms with Gasteiger partial charge >= 0.3 is 5.97 Å². The molecule has 1 N–H and O–H groups in total.